The summed E-state index contributed by atoms with van der Waals surface area (Å²) in [5, 5.41) is 8.74. The number of nitrogens with zero attached hydrogens (tertiary/aromatic N) is 2. The fraction of sp³-hybridized carbons (Fsp3) is 0.200. The number of carboxylic acid groups (broad SMARTS) is 1. The van der Waals surface area contributed by atoms with Crippen LogP contribution in [0.2, 0.25) is 0 Å². The fourth-order valence-electron chi connectivity index (χ4n) is 1.37. The average molecular weight is 190 g/mol. The van der Waals surface area contributed by atoms with Crippen LogP contribution in [0.1, 0.15) is 0 Å². The summed E-state index contributed by atoms with van der Waals surface area (Å²) >= 11 is 0. The Labute approximate surface area is 81.5 Å². The molecular weight excluding hydrogens is 180 g/mol. The summed E-state index contributed by atoms with van der Waals surface area (Å²) in [5.41, 5.74) is 0.972. The highest BCUT2D eigenvalue weighted by Crippen LogP contribution is 2.16. The Morgan fingerprint density at radius 1 is 1.43 bits per heavy atom. The molecule has 1 N–H and O–H groups in total. The molecule has 1 heterocycles. The van der Waals surface area contributed by atoms with Gasteiger partial charge >= 0.3 is 5.97 Å². The number of benzene rings is 1. The third-order valence-electron chi connectivity index (χ3n) is 2.13. The summed E-state index contributed by atoms with van der Waals surface area (Å²) in [6, 6.07) is 8.97. The Bertz CT molecular complexity index is 362. The third kappa shape index (κ3) is 1.59. The fourth-order valence-corrected chi connectivity index (χ4v) is 1.37. The summed E-state index contributed by atoms with van der Waals surface area (Å²) in [5.74, 6) is -0.875. The summed E-state index contributed by atoms with van der Waals surface area (Å²) in [4.78, 5) is 16.4. The van der Waals surface area contributed by atoms with Gasteiger partial charge in [-0.2, -0.15) is 0 Å². The van der Waals surface area contributed by atoms with E-state index in [-0.39, 0.29) is 0 Å². The second-order valence-corrected chi connectivity index (χ2v) is 3.11. The highest BCUT2D eigenvalue weighted by molar-refractivity contribution is 5.88. The van der Waals surface area contributed by atoms with Gasteiger partial charge in [-0.3, -0.25) is 4.99 Å². The van der Waals surface area contributed by atoms with Crippen molar-refractivity contribution in [3.05, 3.63) is 30.3 Å². The van der Waals surface area contributed by atoms with E-state index in [1.807, 2.05) is 35.2 Å². The number of anilines is 1. The van der Waals surface area contributed by atoms with Gasteiger partial charge in [0, 0.05) is 5.69 Å². The molecule has 1 aromatic carbocycles. The number of para-hydroxylation sites is 1. The van der Waals surface area contributed by atoms with E-state index in [0.717, 1.165) is 5.69 Å². The van der Waals surface area contributed by atoms with E-state index in [0.29, 0.717) is 6.54 Å². The normalized spacial score (nSPS) is 20.0. The summed E-state index contributed by atoms with van der Waals surface area (Å²) in [6.45, 7) is 0.416. The molecule has 0 saturated heterocycles. The third-order valence-corrected chi connectivity index (χ3v) is 2.13. The highest BCUT2D eigenvalue weighted by Gasteiger charge is 2.24. The second-order valence-electron chi connectivity index (χ2n) is 3.11. The van der Waals surface area contributed by atoms with Gasteiger partial charge in [-0.15, -0.1) is 0 Å². The molecule has 0 bridgehead atoms. The van der Waals surface area contributed by atoms with Gasteiger partial charge in [-0.05, 0) is 12.1 Å². The molecule has 0 radical (unpaired) electrons. The lowest BCUT2D eigenvalue weighted by atomic mass is 10.2. The van der Waals surface area contributed by atoms with Gasteiger partial charge < -0.3 is 10.0 Å². The molecule has 1 aliphatic heterocycles. The first kappa shape index (κ1) is 8.74. The van der Waals surface area contributed by atoms with Crippen molar-refractivity contribution in [2.24, 2.45) is 4.99 Å². The lowest BCUT2D eigenvalue weighted by Crippen LogP contribution is -2.27. The van der Waals surface area contributed by atoms with Crippen LogP contribution in [0.3, 0.4) is 0 Å². The van der Waals surface area contributed by atoms with E-state index >= 15 is 0 Å². The zero-order chi connectivity index (χ0) is 9.97. The molecule has 0 fully saturated rings. The van der Waals surface area contributed by atoms with Crippen LogP contribution in [0.25, 0.3) is 0 Å². The maximum atomic E-state index is 10.6. The molecule has 1 unspecified atom stereocenters. The zero-order valence-electron chi connectivity index (χ0n) is 7.50. The van der Waals surface area contributed by atoms with Crippen molar-refractivity contribution in [3.63, 3.8) is 0 Å². The topological polar surface area (TPSA) is 52.9 Å². The van der Waals surface area contributed by atoms with Gasteiger partial charge in [0.15, 0.2) is 6.04 Å². The Balaban J connectivity index is 2.11. The molecule has 0 aromatic heterocycles. The first-order valence-electron chi connectivity index (χ1n) is 4.35. The van der Waals surface area contributed by atoms with Crippen LogP contribution in [0, 0.1) is 0 Å². The SMILES string of the molecule is O=C(O)C1CN(c2ccccc2)C=N1. The standard InChI is InChI=1S/C10H10N2O2/c13-10(14)9-6-12(7-11-9)8-4-2-1-3-5-8/h1-5,7,9H,6H2,(H,13,14). The lowest BCUT2D eigenvalue weighted by Gasteiger charge is -2.14. The Morgan fingerprint density at radius 2 is 2.14 bits per heavy atom. The van der Waals surface area contributed by atoms with E-state index in [1.54, 1.807) is 6.34 Å². The molecular formula is C10H10N2O2. The maximum absolute atomic E-state index is 10.6. The van der Waals surface area contributed by atoms with E-state index in [9.17, 15) is 4.79 Å². The molecule has 0 amide bonds. The van der Waals surface area contributed by atoms with Gasteiger partial charge in [0.2, 0.25) is 0 Å². The highest BCUT2D eigenvalue weighted by atomic mass is 16.4. The molecule has 2 rings (SSSR count). The van der Waals surface area contributed by atoms with Gasteiger partial charge in [-0.1, -0.05) is 18.2 Å². The molecule has 72 valence electrons. The van der Waals surface area contributed by atoms with Gasteiger partial charge in [0.25, 0.3) is 0 Å². The molecule has 1 aliphatic rings. The van der Waals surface area contributed by atoms with Crippen molar-refractivity contribution < 1.29 is 9.90 Å². The first-order valence-corrected chi connectivity index (χ1v) is 4.35. The maximum Gasteiger partial charge on any atom is 0.330 e. The minimum atomic E-state index is -0.875. The van der Waals surface area contributed by atoms with Crippen molar-refractivity contribution in [1.29, 1.82) is 0 Å². The van der Waals surface area contributed by atoms with Crippen molar-refractivity contribution in [3.8, 4) is 0 Å². The van der Waals surface area contributed by atoms with E-state index in [1.165, 1.54) is 0 Å². The van der Waals surface area contributed by atoms with Crippen LogP contribution >= 0.6 is 0 Å². The van der Waals surface area contributed by atoms with Crippen LogP contribution < -0.4 is 4.90 Å². The van der Waals surface area contributed by atoms with E-state index in [4.69, 9.17) is 5.11 Å². The predicted octanol–water partition coefficient (Wildman–Crippen LogP) is 0.988. The number of hydrogen-bond donors (Lipinski definition) is 1. The molecule has 4 nitrogen and oxygen atoms in total. The lowest BCUT2D eigenvalue weighted by molar-refractivity contribution is -0.137. The number of carboxylic acids is 1. The van der Waals surface area contributed by atoms with Gasteiger partial charge in [-0.25, -0.2) is 4.79 Å². The van der Waals surface area contributed by atoms with Crippen LogP contribution in [0.5, 0.6) is 0 Å². The van der Waals surface area contributed by atoms with Crippen LogP contribution in [0.4, 0.5) is 5.69 Å². The van der Waals surface area contributed by atoms with Crippen LogP contribution in [-0.4, -0.2) is 30.0 Å². The van der Waals surface area contributed by atoms with Crippen LogP contribution in [-0.2, 0) is 4.79 Å². The Hall–Kier alpha value is -1.84. The largest absolute Gasteiger partial charge is 0.480 e. The van der Waals surface area contributed by atoms with Crippen LogP contribution in [0.15, 0.2) is 35.3 Å². The number of hydrogen-bond acceptors (Lipinski definition) is 3. The molecule has 14 heavy (non-hydrogen) atoms. The minimum absolute atomic E-state index is 0.416. The first-order chi connectivity index (χ1) is 6.77. The summed E-state index contributed by atoms with van der Waals surface area (Å²) < 4.78 is 0. The monoisotopic (exact) mass is 190 g/mol. The number of aliphatic imine (C=N–C) groups is 1. The van der Waals surface area contributed by atoms with Crippen molar-refractivity contribution in [2.45, 2.75) is 6.04 Å². The summed E-state index contributed by atoms with van der Waals surface area (Å²) in [6.07, 6.45) is 1.58. The quantitative estimate of drug-likeness (QED) is 0.756. The molecule has 1 atom stereocenters. The minimum Gasteiger partial charge on any atom is -0.480 e. The van der Waals surface area contributed by atoms with Crippen molar-refractivity contribution in [2.75, 3.05) is 11.4 Å². The smallest absolute Gasteiger partial charge is 0.330 e. The Kier molecular flexibility index (Phi) is 2.18. The van der Waals surface area contributed by atoms with E-state index < -0.39 is 12.0 Å². The second kappa shape index (κ2) is 3.49. The molecule has 0 spiro atoms. The van der Waals surface area contributed by atoms with Crippen molar-refractivity contribution >= 4 is 18.0 Å². The Morgan fingerprint density at radius 3 is 2.71 bits per heavy atom. The van der Waals surface area contributed by atoms with E-state index in [2.05, 4.69) is 4.99 Å². The number of carbonyl (C=O) groups is 1. The number of aliphatic carboxylic acids is 1. The molecule has 0 aliphatic carbocycles. The number of rotatable bonds is 2. The molecule has 0 saturated carbocycles. The van der Waals surface area contributed by atoms with Gasteiger partial charge in [0.05, 0.1) is 12.9 Å². The molecule has 1 aromatic rings. The average Bonchev–Trinajstić information content (AvgIpc) is 2.68. The van der Waals surface area contributed by atoms with Crippen molar-refractivity contribution in [1.82, 2.24) is 0 Å². The zero-order valence-corrected chi connectivity index (χ0v) is 7.50. The summed E-state index contributed by atoms with van der Waals surface area (Å²) in [7, 11) is 0. The van der Waals surface area contributed by atoms with Gasteiger partial charge in [0.1, 0.15) is 0 Å². The molecule has 4 heteroatoms. The predicted molar refractivity (Wildman–Crippen MR) is 53.7 cm³/mol.